The predicted octanol–water partition coefficient (Wildman–Crippen LogP) is 5.29. The van der Waals surface area contributed by atoms with Crippen LogP contribution in [-0.4, -0.2) is 14.3 Å². The van der Waals surface area contributed by atoms with Gasteiger partial charge in [-0.3, -0.25) is 9.52 Å². The third-order valence-electron chi connectivity index (χ3n) is 5.29. The lowest BCUT2D eigenvalue weighted by Crippen LogP contribution is -2.28. The van der Waals surface area contributed by atoms with E-state index in [-0.39, 0.29) is 16.8 Å². The Morgan fingerprint density at radius 3 is 2.26 bits per heavy atom. The standard InChI is InChI=1S/C25H28N2O3S/c1-5-22(20-9-7-6-8-10-20)26-25(28)21-14-13-19(4)24(16-21)31(29,30)27-23-15-17(2)11-12-18(23)3/h6-16,22,27H,5H2,1-4H3,(H,26,28)/t22-/m1/s1. The lowest BCUT2D eigenvalue weighted by molar-refractivity contribution is 0.0935. The van der Waals surface area contributed by atoms with Gasteiger partial charge >= 0.3 is 0 Å². The van der Waals surface area contributed by atoms with Crippen molar-refractivity contribution in [1.29, 1.82) is 0 Å². The van der Waals surface area contributed by atoms with Gasteiger partial charge in [-0.15, -0.1) is 0 Å². The lowest BCUT2D eigenvalue weighted by Gasteiger charge is -2.18. The average Bonchev–Trinajstić information content (AvgIpc) is 2.75. The summed E-state index contributed by atoms with van der Waals surface area (Å²) < 4.78 is 28.9. The first kappa shape index (κ1) is 22.6. The van der Waals surface area contributed by atoms with Crippen LogP contribution in [0.15, 0.2) is 71.6 Å². The number of carbonyl (C=O) groups is 1. The van der Waals surface area contributed by atoms with E-state index in [1.807, 2.05) is 63.2 Å². The van der Waals surface area contributed by atoms with Crippen LogP contribution in [0.2, 0.25) is 0 Å². The van der Waals surface area contributed by atoms with Gasteiger partial charge in [0.2, 0.25) is 0 Å². The highest BCUT2D eigenvalue weighted by Gasteiger charge is 2.21. The molecule has 0 aromatic heterocycles. The minimum atomic E-state index is -3.86. The SMILES string of the molecule is CC[C@@H](NC(=O)c1ccc(C)c(S(=O)(=O)Nc2cc(C)ccc2C)c1)c1ccccc1. The van der Waals surface area contributed by atoms with Crippen LogP contribution in [0.25, 0.3) is 0 Å². The molecule has 0 fully saturated rings. The van der Waals surface area contributed by atoms with Crippen molar-refractivity contribution in [3.8, 4) is 0 Å². The second-order valence-electron chi connectivity index (χ2n) is 7.75. The molecule has 162 valence electrons. The Morgan fingerprint density at radius 2 is 1.58 bits per heavy atom. The smallest absolute Gasteiger partial charge is 0.262 e. The molecule has 0 radical (unpaired) electrons. The van der Waals surface area contributed by atoms with Gasteiger partial charge in [-0.25, -0.2) is 8.42 Å². The van der Waals surface area contributed by atoms with Gasteiger partial charge in [-0.05, 0) is 67.6 Å². The van der Waals surface area contributed by atoms with Crippen molar-refractivity contribution < 1.29 is 13.2 Å². The molecular formula is C25H28N2O3S. The summed E-state index contributed by atoms with van der Waals surface area (Å²) in [5.41, 5.74) is 4.21. The lowest BCUT2D eigenvalue weighted by atomic mass is 10.0. The molecule has 0 aliphatic heterocycles. The molecule has 0 bridgehead atoms. The number of hydrogen-bond acceptors (Lipinski definition) is 3. The Hall–Kier alpha value is -3.12. The van der Waals surface area contributed by atoms with Crippen molar-refractivity contribution in [1.82, 2.24) is 5.32 Å². The summed E-state index contributed by atoms with van der Waals surface area (Å²) in [6.45, 7) is 7.47. The van der Waals surface area contributed by atoms with E-state index in [4.69, 9.17) is 0 Å². The number of carbonyl (C=O) groups excluding carboxylic acids is 1. The normalized spacial score (nSPS) is 12.3. The molecule has 0 spiro atoms. The Morgan fingerprint density at radius 1 is 0.903 bits per heavy atom. The summed E-state index contributed by atoms with van der Waals surface area (Å²) in [6, 6.07) is 19.9. The molecule has 1 amide bonds. The van der Waals surface area contributed by atoms with E-state index in [0.717, 1.165) is 23.1 Å². The van der Waals surface area contributed by atoms with Gasteiger partial charge in [0.05, 0.1) is 16.6 Å². The Labute approximate surface area is 184 Å². The number of nitrogens with one attached hydrogen (secondary N) is 2. The summed E-state index contributed by atoms with van der Waals surface area (Å²) in [5, 5.41) is 3.01. The second kappa shape index (κ2) is 9.35. The molecule has 0 aliphatic rings. The van der Waals surface area contributed by atoms with Gasteiger partial charge in [-0.2, -0.15) is 0 Å². The van der Waals surface area contributed by atoms with Crippen LogP contribution in [0, 0.1) is 20.8 Å². The summed E-state index contributed by atoms with van der Waals surface area (Å²) >= 11 is 0. The average molecular weight is 437 g/mol. The van der Waals surface area contributed by atoms with Crippen molar-refractivity contribution in [3.63, 3.8) is 0 Å². The number of amides is 1. The molecule has 31 heavy (non-hydrogen) atoms. The van der Waals surface area contributed by atoms with Crippen molar-refractivity contribution in [2.24, 2.45) is 0 Å². The first-order valence-corrected chi connectivity index (χ1v) is 11.8. The van der Waals surface area contributed by atoms with E-state index in [2.05, 4.69) is 10.0 Å². The molecule has 3 rings (SSSR count). The van der Waals surface area contributed by atoms with Crippen LogP contribution in [0.3, 0.4) is 0 Å². The molecule has 2 N–H and O–H groups in total. The van der Waals surface area contributed by atoms with Crippen LogP contribution in [0.4, 0.5) is 5.69 Å². The van der Waals surface area contributed by atoms with Crippen molar-refractivity contribution in [3.05, 3.63) is 94.5 Å². The molecule has 1 atom stereocenters. The van der Waals surface area contributed by atoms with E-state index in [0.29, 0.717) is 16.8 Å². The molecule has 0 heterocycles. The van der Waals surface area contributed by atoms with Gasteiger partial charge in [0.1, 0.15) is 0 Å². The van der Waals surface area contributed by atoms with Crippen LogP contribution in [0.1, 0.15) is 52.0 Å². The Balaban J connectivity index is 1.88. The molecular weight excluding hydrogens is 408 g/mol. The summed E-state index contributed by atoms with van der Waals surface area (Å²) in [6.07, 6.45) is 0.723. The fourth-order valence-electron chi connectivity index (χ4n) is 3.42. The number of rotatable bonds is 7. The zero-order chi connectivity index (χ0) is 22.6. The summed E-state index contributed by atoms with van der Waals surface area (Å²) in [4.78, 5) is 13.0. The first-order valence-electron chi connectivity index (χ1n) is 10.3. The molecule has 3 aromatic rings. The van der Waals surface area contributed by atoms with Crippen molar-refractivity contribution >= 4 is 21.6 Å². The highest BCUT2D eigenvalue weighted by molar-refractivity contribution is 7.92. The highest BCUT2D eigenvalue weighted by atomic mass is 32.2. The fraction of sp³-hybridized carbons (Fsp3) is 0.240. The van der Waals surface area contributed by atoms with Gasteiger partial charge < -0.3 is 5.32 Å². The Bertz CT molecular complexity index is 1190. The number of sulfonamides is 1. The number of aryl methyl sites for hydroxylation is 3. The van der Waals surface area contributed by atoms with E-state index in [1.54, 1.807) is 25.1 Å². The summed E-state index contributed by atoms with van der Waals surface area (Å²) in [5.74, 6) is -0.307. The van der Waals surface area contributed by atoms with Crippen LogP contribution >= 0.6 is 0 Å². The number of anilines is 1. The topological polar surface area (TPSA) is 75.3 Å². The number of hydrogen-bond donors (Lipinski definition) is 2. The second-order valence-corrected chi connectivity index (χ2v) is 9.40. The maximum absolute atomic E-state index is 13.1. The highest BCUT2D eigenvalue weighted by Crippen LogP contribution is 2.24. The molecule has 0 unspecified atom stereocenters. The maximum atomic E-state index is 13.1. The molecule has 3 aromatic carbocycles. The molecule has 0 saturated carbocycles. The van der Waals surface area contributed by atoms with Crippen molar-refractivity contribution in [2.45, 2.75) is 45.1 Å². The number of benzene rings is 3. The third kappa shape index (κ3) is 5.33. The monoisotopic (exact) mass is 436 g/mol. The quantitative estimate of drug-likeness (QED) is 0.528. The van der Waals surface area contributed by atoms with Crippen molar-refractivity contribution in [2.75, 3.05) is 4.72 Å². The molecule has 0 aliphatic carbocycles. The fourth-order valence-corrected chi connectivity index (χ4v) is 4.82. The molecule has 0 saturated heterocycles. The maximum Gasteiger partial charge on any atom is 0.262 e. The van der Waals surface area contributed by atoms with E-state index in [9.17, 15) is 13.2 Å². The van der Waals surface area contributed by atoms with E-state index >= 15 is 0 Å². The van der Waals surface area contributed by atoms with E-state index in [1.165, 1.54) is 6.07 Å². The molecule has 6 heteroatoms. The van der Waals surface area contributed by atoms with E-state index < -0.39 is 10.0 Å². The molecule has 5 nitrogen and oxygen atoms in total. The third-order valence-corrected chi connectivity index (χ3v) is 6.80. The predicted molar refractivity (Wildman–Crippen MR) is 125 cm³/mol. The minimum Gasteiger partial charge on any atom is -0.345 e. The zero-order valence-electron chi connectivity index (χ0n) is 18.3. The first-order chi connectivity index (χ1) is 14.7. The van der Waals surface area contributed by atoms with Gasteiger partial charge in [0.25, 0.3) is 15.9 Å². The van der Waals surface area contributed by atoms with Crippen LogP contribution in [0.5, 0.6) is 0 Å². The van der Waals surface area contributed by atoms with Gasteiger partial charge in [0.15, 0.2) is 0 Å². The summed E-state index contributed by atoms with van der Waals surface area (Å²) in [7, 11) is -3.86. The zero-order valence-corrected chi connectivity index (χ0v) is 19.1. The van der Waals surface area contributed by atoms with Gasteiger partial charge in [0, 0.05) is 5.56 Å². The van der Waals surface area contributed by atoms with Crippen LogP contribution < -0.4 is 10.0 Å². The van der Waals surface area contributed by atoms with Gasteiger partial charge in [-0.1, -0.05) is 55.5 Å². The Kier molecular flexibility index (Phi) is 6.81. The van der Waals surface area contributed by atoms with Crippen LogP contribution in [-0.2, 0) is 10.0 Å². The largest absolute Gasteiger partial charge is 0.345 e. The minimum absolute atomic E-state index is 0.0915.